The molecule has 1 atom stereocenters. The van der Waals surface area contributed by atoms with E-state index in [4.69, 9.17) is 4.74 Å². The van der Waals surface area contributed by atoms with Crippen molar-refractivity contribution in [3.8, 4) is 5.75 Å². The molecular weight excluding hydrogens is 352 g/mol. The van der Waals surface area contributed by atoms with Gasteiger partial charge in [0.2, 0.25) is 5.91 Å². The standard InChI is InChI=1S/C19H20N4O2.ClH/c24-19(17-7-4-9-20-17)22-14-5-3-6-16(11-14)25-13-15-12-23-10-2-1-8-18(23)21-15;/h1-3,5-6,8,10-12,17,20H,4,7,9,13H2,(H,22,24);1H. The van der Waals surface area contributed by atoms with Crippen LogP contribution in [-0.2, 0) is 11.4 Å². The Morgan fingerprint density at radius 3 is 3.04 bits per heavy atom. The molecule has 0 radical (unpaired) electrons. The second kappa shape index (κ2) is 8.21. The summed E-state index contributed by atoms with van der Waals surface area (Å²) < 4.78 is 7.79. The highest BCUT2D eigenvalue weighted by molar-refractivity contribution is 5.95. The van der Waals surface area contributed by atoms with E-state index in [0.717, 1.165) is 36.4 Å². The number of halogens is 1. The van der Waals surface area contributed by atoms with Crippen molar-refractivity contribution in [1.29, 1.82) is 0 Å². The van der Waals surface area contributed by atoms with Crippen molar-refractivity contribution in [1.82, 2.24) is 14.7 Å². The molecule has 6 nitrogen and oxygen atoms in total. The summed E-state index contributed by atoms with van der Waals surface area (Å²) in [7, 11) is 0. The first-order valence-corrected chi connectivity index (χ1v) is 8.48. The van der Waals surface area contributed by atoms with Crippen molar-refractivity contribution in [3.63, 3.8) is 0 Å². The number of nitrogens with zero attached hydrogens (tertiary/aromatic N) is 2. The highest BCUT2D eigenvalue weighted by Crippen LogP contribution is 2.19. The van der Waals surface area contributed by atoms with Crippen LogP contribution in [0.25, 0.3) is 5.65 Å². The summed E-state index contributed by atoms with van der Waals surface area (Å²) in [6.45, 7) is 1.28. The van der Waals surface area contributed by atoms with E-state index in [-0.39, 0.29) is 24.4 Å². The molecule has 0 aliphatic carbocycles. The third-order valence-electron chi connectivity index (χ3n) is 4.28. The molecular formula is C19H21ClN4O2. The zero-order chi connectivity index (χ0) is 17.1. The van der Waals surface area contributed by atoms with Gasteiger partial charge in [-0.25, -0.2) is 4.98 Å². The largest absolute Gasteiger partial charge is 0.487 e. The molecule has 1 aliphatic heterocycles. The molecule has 3 heterocycles. The zero-order valence-electron chi connectivity index (χ0n) is 14.2. The zero-order valence-corrected chi connectivity index (χ0v) is 15.0. The third-order valence-corrected chi connectivity index (χ3v) is 4.28. The molecule has 3 aromatic rings. The fraction of sp³-hybridized carbons (Fsp3) is 0.263. The minimum atomic E-state index is -0.0949. The molecule has 1 aromatic carbocycles. The van der Waals surface area contributed by atoms with Crippen molar-refractivity contribution in [2.45, 2.75) is 25.5 Å². The van der Waals surface area contributed by atoms with Gasteiger partial charge in [0, 0.05) is 24.1 Å². The number of fused-ring (bicyclic) bond motifs is 1. The lowest BCUT2D eigenvalue weighted by Gasteiger charge is -2.12. The summed E-state index contributed by atoms with van der Waals surface area (Å²) >= 11 is 0. The fourth-order valence-corrected chi connectivity index (χ4v) is 3.02. The molecule has 0 saturated carbocycles. The van der Waals surface area contributed by atoms with Crippen LogP contribution in [0.1, 0.15) is 18.5 Å². The summed E-state index contributed by atoms with van der Waals surface area (Å²) in [4.78, 5) is 16.7. The highest BCUT2D eigenvalue weighted by atomic mass is 35.5. The summed E-state index contributed by atoms with van der Waals surface area (Å²) in [5.41, 5.74) is 2.49. The Hall–Kier alpha value is -2.57. The van der Waals surface area contributed by atoms with Crippen LogP contribution in [-0.4, -0.2) is 27.9 Å². The first-order chi connectivity index (χ1) is 12.3. The van der Waals surface area contributed by atoms with E-state index in [1.165, 1.54) is 0 Å². The average molecular weight is 373 g/mol. The Kier molecular flexibility index (Phi) is 5.75. The number of hydrogen-bond donors (Lipinski definition) is 2. The van der Waals surface area contributed by atoms with Gasteiger partial charge >= 0.3 is 0 Å². The number of anilines is 1. The number of carbonyl (C=O) groups excluding carboxylic acids is 1. The molecule has 136 valence electrons. The highest BCUT2D eigenvalue weighted by Gasteiger charge is 2.21. The van der Waals surface area contributed by atoms with E-state index in [1.54, 1.807) is 0 Å². The minimum Gasteiger partial charge on any atom is -0.487 e. The number of pyridine rings is 1. The topological polar surface area (TPSA) is 67.7 Å². The predicted octanol–water partition coefficient (Wildman–Crippen LogP) is 3.03. The Labute approximate surface area is 158 Å². The van der Waals surface area contributed by atoms with Gasteiger partial charge in [0.1, 0.15) is 18.0 Å². The quantitative estimate of drug-likeness (QED) is 0.722. The number of hydrogen-bond acceptors (Lipinski definition) is 4. The van der Waals surface area contributed by atoms with Gasteiger partial charge in [0.25, 0.3) is 0 Å². The van der Waals surface area contributed by atoms with Crippen molar-refractivity contribution in [3.05, 3.63) is 60.6 Å². The predicted molar refractivity (Wildman–Crippen MR) is 103 cm³/mol. The number of benzene rings is 1. The van der Waals surface area contributed by atoms with E-state index in [9.17, 15) is 4.79 Å². The van der Waals surface area contributed by atoms with Crippen molar-refractivity contribution in [2.75, 3.05) is 11.9 Å². The summed E-state index contributed by atoms with van der Waals surface area (Å²) in [5, 5.41) is 6.14. The number of amides is 1. The Morgan fingerprint density at radius 2 is 2.23 bits per heavy atom. The molecule has 7 heteroatoms. The monoisotopic (exact) mass is 372 g/mol. The second-order valence-electron chi connectivity index (χ2n) is 6.15. The third kappa shape index (κ3) is 4.15. The molecule has 2 N–H and O–H groups in total. The number of rotatable bonds is 5. The van der Waals surface area contributed by atoms with Crippen molar-refractivity contribution < 1.29 is 9.53 Å². The van der Waals surface area contributed by atoms with Gasteiger partial charge in [-0.1, -0.05) is 12.1 Å². The van der Waals surface area contributed by atoms with Crippen LogP contribution in [0, 0.1) is 0 Å². The molecule has 4 rings (SSSR count). The van der Waals surface area contributed by atoms with Crippen LogP contribution in [0.4, 0.5) is 5.69 Å². The SMILES string of the molecule is Cl.O=C(Nc1cccc(OCc2cn3ccccc3n2)c1)C1CCCN1. The molecule has 1 saturated heterocycles. The summed E-state index contributed by atoms with van der Waals surface area (Å²) in [6.07, 6.45) is 5.84. The number of imidazole rings is 1. The summed E-state index contributed by atoms with van der Waals surface area (Å²) in [5.74, 6) is 0.712. The van der Waals surface area contributed by atoms with Crippen LogP contribution < -0.4 is 15.4 Å². The first kappa shape index (κ1) is 18.2. The lowest BCUT2D eigenvalue weighted by Crippen LogP contribution is -2.35. The normalized spacial score (nSPS) is 16.2. The molecule has 0 bridgehead atoms. The van der Waals surface area contributed by atoms with Crippen LogP contribution >= 0.6 is 12.4 Å². The van der Waals surface area contributed by atoms with E-state index in [0.29, 0.717) is 12.4 Å². The molecule has 26 heavy (non-hydrogen) atoms. The number of carbonyl (C=O) groups is 1. The molecule has 1 fully saturated rings. The van der Waals surface area contributed by atoms with Crippen molar-refractivity contribution in [2.24, 2.45) is 0 Å². The fourth-order valence-electron chi connectivity index (χ4n) is 3.02. The van der Waals surface area contributed by atoms with E-state index < -0.39 is 0 Å². The molecule has 1 unspecified atom stereocenters. The van der Waals surface area contributed by atoms with Crippen LogP contribution in [0.2, 0.25) is 0 Å². The lowest BCUT2D eigenvalue weighted by molar-refractivity contribution is -0.117. The van der Waals surface area contributed by atoms with Gasteiger partial charge in [-0.3, -0.25) is 4.79 Å². The maximum absolute atomic E-state index is 12.2. The minimum absolute atomic E-state index is 0. The van der Waals surface area contributed by atoms with Gasteiger partial charge in [-0.05, 0) is 43.7 Å². The summed E-state index contributed by atoms with van der Waals surface area (Å²) in [6, 6.07) is 13.2. The van der Waals surface area contributed by atoms with Crippen LogP contribution in [0.15, 0.2) is 54.9 Å². The molecule has 1 aliphatic rings. The maximum atomic E-state index is 12.2. The first-order valence-electron chi connectivity index (χ1n) is 8.48. The molecule has 2 aromatic heterocycles. The Bertz CT molecular complexity index is 857. The Morgan fingerprint density at radius 1 is 1.31 bits per heavy atom. The van der Waals surface area contributed by atoms with Crippen LogP contribution in [0.3, 0.4) is 0 Å². The second-order valence-corrected chi connectivity index (χ2v) is 6.15. The van der Waals surface area contributed by atoms with Gasteiger partial charge < -0.3 is 19.8 Å². The van der Waals surface area contributed by atoms with Gasteiger partial charge in [0.15, 0.2) is 0 Å². The number of nitrogens with one attached hydrogen (secondary N) is 2. The van der Waals surface area contributed by atoms with Gasteiger partial charge in [0.05, 0.1) is 11.7 Å². The van der Waals surface area contributed by atoms with E-state index in [1.807, 2.05) is 59.3 Å². The van der Waals surface area contributed by atoms with E-state index >= 15 is 0 Å². The number of aromatic nitrogens is 2. The Balaban J connectivity index is 0.00000196. The van der Waals surface area contributed by atoms with Gasteiger partial charge in [-0.15, -0.1) is 12.4 Å². The van der Waals surface area contributed by atoms with Gasteiger partial charge in [-0.2, -0.15) is 0 Å². The van der Waals surface area contributed by atoms with Crippen molar-refractivity contribution >= 4 is 29.6 Å². The maximum Gasteiger partial charge on any atom is 0.241 e. The van der Waals surface area contributed by atoms with Crippen LogP contribution in [0.5, 0.6) is 5.75 Å². The van der Waals surface area contributed by atoms with E-state index in [2.05, 4.69) is 15.6 Å². The lowest BCUT2D eigenvalue weighted by atomic mass is 10.2. The molecule has 1 amide bonds. The number of ether oxygens (including phenoxy) is 1. The average Bonchev–Trinajstić information content (AvgIpc) is 3.29. The molecule has 0 spiro atoms. The smallest absolute Gasteiger partial charge is 0.241 e.